The standard InChI is InChI=1S/C34H35FN6O4/c1-20-24(22-15-29(35)27(31(16-22)45-6)18-36-17-23-13-14-37-41(23)5)9-7-10-25(20)26-11-8-12-30(21(26)2)38-32(42)28-19-39(3)34(44)40(4)33(28)43/h7-16,19,36H,17-18H2,1-6H3,(H,38,42). The number of anilines is 1. The Morgan fingerprint density at radius 2 is 1.62 bits per heavy atom. The van der Waals surface area contributed by atoms with Crippen LogP contribution in [0.1, 0.15) is 32.7 Å². The quantitative estimate of drug-likeness (QED) is 0.255. The number of rotatable bonds is 9. The molecule has 0 saturated heterocycles. The highest BCUT2D eigenvalue weighted by molar-refractivity contribution is 6.04. The van der Waals surface area contributed by atoms with Gasteiger partial charge in [-0.25, -0.2) is 9.18 Å². The van der Waals surface area contributed by atoms with Gasteiger partial charge in [-0.2, -0.15) is 5.10 Å². The summed E-state index contributed by atoms with van der Waals surface area (Å²) < 4.78 is 25.0. The molecule has 0 radical (unpaired) electrons. The molecule has 0 spiro atoms. The molecule has 10 nitrogen and oxygen atoms in total. The summed E-state index contributed by atoms with van der Waals surface area (Å²) in [7, 11) is 6.20. The lowest BCUT2D eigenvalue weighted by atomic mass is 9.90. The Bertz CT molecular complexity index is 2040. The number of aromatic nitrogens is 4. The van der Waals surface area contributed by atoms with Gasteiger partial charge < -0.3 is 19.9 Å². The van der Waals surface area contributed by atoms with Crippen LogP contribution in [0.2, 0.25) is 0 Å². The van der Waals surface area contributed by atoms with Crippen LogP contribution in [0.5, 0.6) is 5.75 Å². The third-order valence-electron chi connectivity index (χ3n) is 8.11. The van der Waals surface area contributed by atoms with E-state index in [1.54, 1.807) is 16.9 Å². The van der Waals surface area contributed by atoms with Crippen molar-refractivity contribution < 1.29 is 13.9 Å². The summed E-state index contributed by atoms with van der Waals surface area (Å²) in [6.45, 7) is 4.66. The fourth-order valence-corrected chi connectivity index (χ4v) is 5.47. The van der Waals surface area contributed by atoms with Crippen molar-refractivity contribution in [2.24, 2.45) is 21.1 Å². The average Bonchev–Trinajstić information content (AvgIpc) is 3.43. The van der Waals surface area contributed by atoms with Crippen LogP contribution in [0.3, 0.4) is 0 Å². The number of aryl methyl sites for hydroxylation is 2. The predicted molar refractivity (Wildman–Crippen MR) is 172 cm³/mol. The third-order valence-corrected chi connectivity index (χ3v) is 8.11. The number of benzene rings is 3. The number of amides is 1. The van der Waals surface area contributed by atoms with E-state index in [1.807, 2.05) is 63.4 Å². The summed E-state index contributed by atoms with van der Waals surface area (Å²) in [4.78, 5) is 37.8. The molecule has 0 bridgehead atoms. The molecule has 2 heterocycles. The zero-order valence-corrected chi connectivity index (χ0v) is 26.1. The summed E-state index contributed by atoms with van der Waals surface area (Å²) in [6, 6.07) is 16.6. The van der Waals surface area contributed by atoms with Gasteiger partial charge in [0.2, 0.25) is 0 Å². The summed E-state index contributed by atoms with van der Waals surface area (Å²) in [5, 5.41) is 10.3. The number of hydrogen-bond donors (Lipinski definition) is 2. The molecular weight excluding hydrogens is 575 g/mol. The number of carbonyl (C=O) groups excluding carboxylic acids is 1. The monoisotopic (exact) mass is 610 g/mol. The van der Waals surface area contributed by atoms with Crippen LogP contribution in [-0.2, 0) is 34.2 Å². The molecule has 0 atom stereocenters. The highest BCUT2D eigenvalue weighted by Crippen LogP contribution is 2.37. The molecule has 0 aliphatic carbocycles. The van der Waals surface area contributed by atoms with E-state index < -0.39 is 17.2 Å². The molecule has 11 heteroatoms. The van der Waals surface area contributed by atoms with Crippen LogP contribution in [0.25, 0.3) is 22.3 Å². The first-order valence-electron chi connectivity index (χ1n) is 14.3. The van der Waals surface area contributed by atoms with Gasteiger partial charge in [-0.15, -0.1) is 0 Å². The van der Waals surface area contributed by atoms with Crippen LogP contribution < -0.4 is 26.6 Å². The zero-order valence-electron chi connectivity index (χ0n) is 26.1. The van der Waals surface area contributed by atoms with E-state index in [-0.39, 0.29) is 17.9 Å². The van der Waals surface area contributed by atoms with Crippen LogP contribution in [-0.4, -0.2) is 31.9 Å². The fourth-order valence-electron chi connectivity index (χ4n) is 5.47. The Hall–Kier alpha value is -5.29. The second-order valence-corrected chi connectivity index (χ2v) is 10.9. The highest BCUT2D eigenvalue weighted by atomic mass is 19.1. The van der Waals surface area contributed by atoms with Gasteiger partial charge in [-0.05, 0) is 71.5 Å². The minimum Gasteiger partial charge on any atom is -0.496 e. The van der Waals surface area contributed by atoms with E-state index in [0.717, 1.165) is 38.1 Å². The van der Waals surface area contributed by atoms with Crippen molar-refractivity contribution in [2.75, 3.05) is 12.4 Å². The Kier molecular flexibility index (Phi) is 8.82. The van der Waals surface area contributed by atoms with Crippen molar-refractivity contribution in [3.05, 3.63) is 122 Å². The number of carbonyl (C=O) groups is 1. The Balaban J connectivity index is 1.44. The van der Waals surface area contributed by atoms with Crippen molar-refractivity contribution in [3.63, 3.8) is 0 Å². The smallest absolute Gasteiger partial charge is 0.330 e. The number of ether oxygens (including phenoxy) is 1. The van der Waals surface area contributed by atoms with Crippen molar-refractivity contribution >= 4 is 11.6 Å². The predicted octanol–water partition coefficient (Wildman–Crippen LogP) is 4.46. The summed E-state index contributed by atoms with van der Waals surface area (Å²) >= 11 is 0. The molecule has 5 rings (SSSR count). The normalized spacial score (nSPS) is 11.1. The Labute approximate surface area is 259 Å². The zero-order chi connectivity index (χ0) is 32.4. The number of halogens is 1. The van der Waals surface area contributed by atoms with E-state index in [9.17, 15) is 14.4 Å². The fraction of sp³-hybridized carbons (Fsp3) is 0.235. The average molecular weight is 611 g/mol. The van der Waals surface area contributed by atoms with Crippen molar-refractivity contribution in [2.45, 2.75) is 26.9 Å². The molecule has 0 saturated carbocycles. The second-order valence-electron chi connectivity index (χ2n) is 10.9. The van der Waals surface area contributed by atoms with Crippen molar-refractivity contribution in [3.8, 4) is 28.0 Å². The maximum Gasteiger partial charge on any atom is 0.330 e. The number of hydrogen-bond acceptors (Lipinski definition) is 6. The molecule has 2 N–H and O–H groups in total. The van der Waals surface area contributed by atoms with Gasteiger partial charge >= 0.3 is 5.69 Å². The molecule has 5 aromatic rings. The van der Waals surface area contributed by atoms with Gasteiger partial charge in [0, 0.05) is 57.9 Å². The van der Waals surface area contributed by atoms with Crippen LogP contribution in [0.15, 0.2) is 76.6 Å². The molecule has 3 aromatic carbocycles. The second kappa shape index (κ2) is 12.7. The minimum absolute atomic E-state index is 0.144. The van der Waals surface area contributed by atoms with Gasteiger partial charge in [0.15, 0.2) is 0 Å². The van der Waals surface area contributed by atoms with E-state index >= 15 is 4.39 Å². The Morgan fingerprint density at radius 3 is 2.31 bits per heavy atom. The first-order chi connectivity index (χ1) is 21.5. The van der Waals surface area contributed by atoms with E-state index in [0.29, 0.717) is 29.1 Å². The maximum atomic E-state index is 15.5. The molecule has 2 aromatic heterocycles. The maximum absolute atomic E-state index is 15.5. The van der Waals surface area contributed by atoms with E-state index in [1.165, 1.54) is 38.0 Å². The van der Waals surface area contributed by atoms with E-state index in [4.69, 9.17) is 4.74 Å². The minimum atomic E-state index is -0.675. The Morgan fingerprint density at radius 1 is 0.933 bits per heavy atom. The first kappa shape index (κ1) is 31.1. The lowest BCUT2D eigenvalue weighted by molar-refractivity contribution is 0.102. The topological polar surface area (TPSA) is 112 Å². The van der Waals surface area contributed by atoms with E-state index in [2.05, 4.69) is 15.7 Å². The van der Waals surface area contributed by atoms with Crippen LogP contribution >= 0.6 is 0 Å². The lowest BCUT2D eigenvalue weighted by Crippen LogP contribution is -2.40. The van der Waals surface area contributed by atoms with Crippen LogP contribution in [0.4, 0.5) is 10.1 Å². The molecule has 0 aliphatic heterocycles. The number of methoxy groups -OCH3 is 1. The third kappa shape index (κ3) is 6.07. The summed E-state index contributed by atoms with van der Waals surface area (Å²) in [6.07, 6.45) is 2.96. The summed E-state index contributed by atoms with van der Waals surface area (Å²) in [5.41, 5.74) is 5.57. The highest BCUT2D eigenvalue weighted by Gasteiger charge is 2.19. The largest absolute Gasteiger partial charge is 0.496 e. The van der Waals surface area contributed by atoms with Crippen molar-refractivity contribution in [1.82, 2.24) is 24.2 Å². The SMILES string of the molecule is COc1cc(-c2cccc(-c3cccc(NC(=O)c4cn(C)c(=O)n(C)c4=O)c3C)c2C)cc(F)c1CNCc1ccnn1C. The first-order valence-corrected chi connectivity index (χ1v) is 14.3. The summed E-state index contributed by atoms with van der Waals surface area (Å²) in [5.74, 6) is -0.552. The number of nitrogens with one attached hydrogen (secondary N) is 2. The van der Waals surface area contributed by atoms with Gasteiger partial charge in [0.1, 0.15) is 17.1 Å². The lowest BCUT2D eigenvalue weighted by Gasteiger charge is -2.18. The van der Waals surface area contributed by atoms with Gasteiger partial charge in [-0.3, -0.25) is 18.8 Å². The molecule has 232 valence electrons. The molecule has 45 heavy (non-hydrogen) atoms. The van der Waals surface area contributed by atoms with Gasteiger partial charge in [0.25, 0.3) is 11.5 Å². The molecule has 0 aliphatic rings. The molecule has 0 unspecified atom stereocenters. The van der Waals surface area contributed by atoms with Crippen LogP contribution in [0, 0.1) is 19.7 Å². The van der Waals surface area contributed by atoms with Gasteiger partial charge in [0.05, 0.1) is 12.8 Å². The molecular formula is C34H35FN6O4. The van der Waals surface area contributed by atoms with Crippen molar-refractivity contribution in [1.29, 1.82) is 0 Å². The molecule has 1 amide bonds. The van der Waals surface area contributed by atoms with Gasteiger partial charge in [-0.1, -0.05) is 30.3 Å². The molecule has 0 fully saturated rings. The number of nitrogens with zero attached hydrogens (tertiary/aromatic N) is 4.